The summed E-state index contributed by atoms with van der Waals surface area (Å²) < 4.78 is 26.0. The van der Waals surface area contributed by atoms with Crippen LogP contribution < -0.4 is 15.4 Å². The minimum Gasteiger partial charge on any atom is -0.347 e. The number of benzene rings is 1. The van der Waals surface area contributed by atoms with Crippen LogP contribution in [0.25, 0.3) is 0 Å². The number of carbonyl (C=O) groups excluding carboxylic acids is 1. The Labute approximate surface area is 167 Å². The van der Waals surface area contributed by atoms with Crippen LogP contribution in [-0.2, 0) is 10.0 Å². The molecular weight excluding hydrogens is 402 g/mol. The maximum Gasteiger partial charge on any atom is 0.261 e. The van der Waals surface area contributed by atoms with E-state index in [2.05, 4.69) is 15.4 Å². The number of carbonyl (C=O) groups is 1. The summed E-state index contributed by atoms with van der Waals surface area (Å²) in [5.74, 6) is -0.00102. The molecule has 6 nitrogen and oxygen atoms in total. The quantitative estimate of drug-likeness (QED) is 0.665. The van der Waals surface area contributed by atoms with Crippen LogP contribution in [0.2, 0.25) is 0 Å². The van der Waals surface area contributed by atoms with Gasteiger partial charge in [0.25, 0.3) is 5.91 Å². The van der Waals surface area contributed by atoms with Crippen LogP contribution in [-0.4, -0.2) is 38.7 Å². The van der Waals surface area contributed by atoms with Crippen molar-refractivity contribution < 1.29 is 13.2 Å². The first kappa shape index (κ1) is 18.8. The number of hydrogen-bond acceptors (Lipinski definition) is 6. The first-order valence-corrected chi connectivity index (χ1v) is 12.3. The number of amides is 1. The third-order valence-corrected chi connectivity index (χ3v) is 7.63. The van der Waals surface area contributed by atoms with Crippen LogP contribution in [0.15, 0.2) is 45.5 Å². The Balaban J connectivity index is 1.35. The Morgan fingerprint density at radius 3 is 2.59 bits per heavy atom. The summed E-state index contributed by atoms with van der Waals surface area (Å²) in [6, 6.07) is 12.2. The lowest BCUT2D eigenvalue weighted by Crippen LogP contribution is -2.42. The third kappa shape index (κ3) is 4.66. The molecule has 3 N–H and O–H groups in total. The molecule has 0 aliphatic carbocycles. The van der Waals surface area contributed by atoms with Crippen molar-refractivity contribution in [1.29, 1.82) is 0 Å². The van der Waals surface area contributed by atoms with Gasteiger partial charge in [-0.1, -0.05) is 11.8 Å². The number of thiophene rings is 1. The van der Waals surface area contributed by atoms with Gasteiger partial charge in [0.2, 0.25) is 10.0 Å². The van der Waals surface area contributed by atoms with Crippen LogP contribution in [0.3, 0.4) is 0 Å². The van der Waals surface area contributed by atoms with Crippen molar-refractivity contribution in [2.45, 2.75) is 46.5 Å². The molecule has 4 rings (SSSR count). The summed E-state index contributed by atoms with van der Waals surface area (Å²) in [4.78, 5) is 14.2. The van der Waals surface area contributed by atoms with E-state index in [-0.39, 0.29) is 11.9 Å². The molecule has 2 aromatic rings. The smallest absolute Gasteiger partial charge is 0.261 e. The van der Waals surface area contributed by atoms with Gasteiger partial charge < -0.3 is 10.6 Å². The molecule has 0 spiro atoms. The molecule has 2 fully saturated rings. The summed E-state index contributed by atoms with van der Waals surface area (Å²) in [7, 11) is -3.27. The molecule has 0 radical (unpaired) electrons. The van der Waals surface area contributed by atoms with E-state index in [9.17, 15) is 13.2 Å². The Bertz CT molecular complexity index is 940. The fourth-order valence-electron chi connectivity index (χ4n) is 3.64. The molecule has 2 saturated heterocycles. The molecular formula is C18H21N3O3S3. The van der Waals surface area contributed by atoms with E-state index < -0.39 is 10.0 Å². The fraction of sp³-hybridized carbons (Fsp3) is 0.389. The van der Waals surface area contributed by atoms with Crippen molar-refractivity contribution in [2.24, 2.45) is 0 Å². The maximum absolute atomic E-state index is 12.5. The third-order valence-electron chi connectivity index (χ3n) is 4.80. The van der Waals surface area contributed by atoms with Gasteiger partial charge in [-0.3, -0.25) is 9.52 Å². The van der Waals surface area contributed by atoms with Crippen molar-refractivity contribution in [3.8, 4) is 0 Å². The van der Waals surface area contributed by atoms with Gasteiger partial charge in [0.15, 0.2) is 0 Å². The van der Waals surface area contributed by atoms with E-state index >= 15 is 0 Å². The zero-order valence-electron chi connectivity index (χ0n) is 14.8. The highest BCUT2D eigenvalue weighted by atomic mass is 32.2. The molecule has 2 aliphatic rings. The summed E-state index contributed by atoms with van der Waals surface area (Å²) in [5, 5.41) is 6.70. The normalized spacial score (nSPS) is 24.1. The highest BCUT2D eigenvalue weighted by Crippen LogP contribution is 2.34. The predicted molar refractivity (Wildman–Crippen MR) is 109 cm³/mol. The molecule has 144 valence electrons. The molecule has 9 heteroatoms. The Morgan fingerprint density at radius 1 is 1.19 bits per heavy atom. The van der Waals surface area contributed by atoms with Crippen molar-refractivity contribution >= 4 is 44.7 Å². The van der Waals surface area contributed by atoms with E-state index in [1.54, 1.807) is 23.9 Å². The van der Waals surface area contributed by atoms with Gasteiger partial charge >= 0.3 is 0 Å². The van der Waals surface area contributed by atoms with Crippen molar-refractivity contribution in [3.05, 3.63) is 41.3 Å². The molecule has 2 aliphatic heterocycles. The number of fused-ring (bicyclic) bond motifs is 2. The summed E-state index contributed by atoms with van der Waals surface area (Å²) in [5.41, 5.74) is 0.535. The highest BCUT2D eigenvalue weighted by Gasteiger charge is 2.39. The minimum atomic E-state index is -3.27. The molecule has 0 unspecified atom stereocenters. The minimum absolute atomic E-state index is 0.00102. The first-order chi connectivity index (χ1) is 12.9. The molecule has 1 aromatic heterocycles. The van der Waals surface area contributed by atoms with Gasteiger partial charge in [0.05, 0.1) is 15.3 Å². The number of anilines is 1. The van der Waals surface area contributed by atoms with Gasteiger partial charge in [0.1, 0.15) is 0 Å². The molecule has 2 bridgehead atoms. The summed E-state index contributed by atoms with van der Waals surface area (Å²) >= 11 is 3.03. The predicted octanol–water partition coefficient (Wildman–Crippen LogP) is 2.89. The summed E-state index contributed by atoms with van der Waals surface area (Å²) in [6.07, 6.45) is 4.51. The largest absolute Gasteiger partial charge is 0.347 e. The van der Waals surface area contributed by atoms with Crippen molar-refractivity contribution in [2.75, 3.05) is 11.0 Å². The lowest BCUT2D eigenvalue weighted by atomic mass is 9.95. The number of nitrogens with one attached hydrogen (secondary N) is 3. The molecule has 0 saturated carbocycles. The van der Waals surface area contributed by atoms with Gasteiger partial charge in [-0.25, -0.2) is 8.42 Å². The van der Waals surface area contributed by atoms with Crippen molar-refractivity contribution in [3.63, 3.8) is 0 Å². The maximum atomic E-state index is 12.5. The Hall–Kier alpha value is -1.55. The van der Waals surface area contributed by atoms with Crippen molar-refractivity contribution in [1.82, 2.24) is 10.6 Å². The van der Waals surface area contributed by atoms with Gasteiger partial charge in [0, 0.05) is 28.7 Å². The SMILES string of the molecule is CS(=O)(=O)Nc1ccc(Sc2ccc(C(=O)N[C@@H]3C[C@H]4CC[C@@H]3N4)s2)cc1. The topological polar surface area (TPSA) is 87.3 Å². The lowest BCUT2D eigenvalue weighted by molar-refractivity contribution is 0.0935. The van der Waals surface area contributed by atoms with Crippen LogP contribution >= 0.6 is 23.1 Å². The van der Waals surface area contributed by atoms with Gasteiger partial charge in [-0.05, 0) is 55.7 Å². The molecule has 3 atom stereocenters. The fourth-order valence-corrected chi connectivity index (χ4v) is 6.21. The zero-order chi connectivity index (χ0) is 19.0. The van der Waals surface area contributed by atoms with E-state index in [0.717, 1.165) is 33.1 Å². The second-order valence-corrected chi connectivity index (χ2v) is 11.2. The second kappa shape index (κ2) is 7.46. The van der Waals surface area contributed by atoms with E-state index in [4.69, 9.17) is 0 Å². The molecule has 1 amide bonds. The monoisotopic (exact) mass is 423 g/mol. The molecule has 1 aromatic carbocycles. The Morgan fingerprint density at radius 2 is 1.96 bits per heavy atom. The number of hydrogen-bond donors (Lipinski definition) is 3. The van der Waals surface area contributed by atoms with Crippen LogP contribution in [0.1, 0.15) is 28.9 Å². The number of rotatable bonds is 6. The van der Waals surface area contributed by atoms with E-state index in [0.29, 0.717) is 17.8 Å². The van der Waals surface area contributed by atoms with Crippen LogP contribution in [0.4, 0.5) is 5.69 Å². The zero-order valence-corrected chi connectivity index (χ0v) is 17.2. The average Bonchev–Trinajstić information content (AvgIpc) is 3.32. The molecule has 3 heterocycles. The van der Waals surface area contributed by atoms with E-state index in [1.807, 2.05) is 24.3 Å². The van der Waals surface area contributed by atoms with Gasteiger partial charge in [-0.2, -0.15) is 0 Å². The average molecular weight is 424 g/mol. The van der Waals surface area contributed by atoms with E-state index in [1.165, 1.54) is 17.8 Å². The lowest BCUT2D eigenvalue weighted by Gasteiger charge is -2.20. The first-order valence-electron chi connectivity index (χ1n) is 8.78. The molecule has 27 heavy (non-hydrogen) atoms. The van der Waals surface area contributed by atoms with Crippen LogP contribution in [0, 0.1) is 0 Å². The number of sulfonamides is 1. The second-order valence-electron chi connectivity index (χ2n) is 6.98. The standard InChI is InChI=1S/C18H21N3O3S3/c1-27(23,24)21-11-2-5-13(6-3-11)25-17-9-8-16(26-17)18(22)20-15-10-12-4-7-14(15)19-12/h2-3,5-6,8-9,12,14-15,19,21H,4,7,10H2,1H3,(H,20,22)/t12-,14+,15-/m1/s1. The highest BCUT2D eigenvalue weighted by molar-refractivity contribution is 8.01. The Kier molecular flexibility index (Phi) is 5.19. The summed E-state index contributed by atoms with van der Waals surface area (Å²) in [6.45, 7) is 0. The van der Waals surface area contributed by atoms with Gasteiger partial charge in [-0.15, -0.1) is 11.3 Å². The van der Waals surface area contributed by atoms with Crippen LogP contribution in [0.5, 0.6) is 0 Å².